The Morgan fingerprint density at radius 2 is 1.58 bits per heavy atom. The monoisotopic (exact) mass is 179 g/mol. The van der Waals surface area contributed by atoms with E-state index < -0.39 is 18.0 Å². The average molecular weight is 179 g/mol. The van der Waals surface area contributed by atoms with Crippen LogP contribution in [0.3, 0.4) is 0 Å². The van der Waals surface area contributed by atoms with Crippen molar-refractivity contribution in [2.45, 2.75) is 6.04 Å². The number of hydrogen-bond acceptors (Lipinski definition) is 5. The third kappa shape index (κ3) is 11.6. The summed E-state index contributed by atoms with van der Waals surface area (Å²) < 4.78 is 0. The summed E-state index contributed by atoms with van der Waals surface area (Å²) in [5.74, 6) is -2.02. The Morgan fingerprint density at radius 1 is 1.25 bits per heavy atom. The van der Waals surface area contributed by atoms with Gasteiger partial charge in [-0.1, -0.05) is 0 Å². The molecule has 0 bridgehead atoms. The van der Waals surface area contributed by atoms with Crippen LogP contribution < -0.4 is 17.2 Å². The van der Waals surface area contributed by atoms with Crippen LogP contribution in [0.2, 0.25) is 0 Å². The third-order valence-corrected chi connectivity index (χ3v) is 0.746. The molecule has 7 heteroatoms. The van der Waals surface area contributed by atoms with Gasteiger partial charge in [-0.2, -0.15) is 0 Å². The van der Waals surface area contributed by atoms with Gasteiger partial charge in [0.2, 0.25) is 0 Å². The lowest BCUT2D eigenvalue weighted by Crippen LogP contribution is -2.37. The number of hydrogen-bond donors (Lipinski definition) is 5. The van der Waals surface area contributed by atoms with Crippen LogP contribution in [-0.2, 0) is 9.59 Å². The summed E-state index contributed by atoms with van der Waals surface area (Å²) in [5, 5.41) is 15.6. The maximum absolute atomic E-state index is 9.73. The number of carboxylic acid groups (broad SMARTS) is 2. The van der Waals surface area contributed by atoms with Crippen molar-refractivity contribution in [1.29, 1.82) is 0 Å². The zero-order chi connectivity index (χ0) is 10.1. The Kier molecular flexibility index (Phi) is 8.85. The third-order valence-electron chi connectivity index (χ3n) is 0.746. The van der Waals surface area contributed by atoms with Gasteiger partial charge in [0.05, 0.1) is 6.54 Å². The van der Waals surface area contributed by atoms with E-state index in [1.54, 1.807) is 0 Å². The zero-order valence-electron chi connectivity index (χ0n) is 6.43. The molecule has 0 aliphatic carbocycles. The summed E-state index contributed by atoms with van der Waals surface area (Å²) in [5.41, 5.74) is 14.3. The molecule has 0 amide bonds. The van der Waals surface area contributed by atoms with E-state index >= 15 is 0 Å². The normalized spacial score (nSPS) is 10.9. The van der Waals surface area contributed by atoms with Crippen molar-refractivity contribution < 1.29 is 19.8 Å². The Bertz CT molecular complexity index is 150. The van der Waals surface area contributed by atoms with Crippen LogP contribution in [-0.4, -0.2) is 41.3 Å². The van der Waals surface area contributed by atoms with Gasteiger partial charge >= 0.3 is 11.9 Å². The number of aliphatic carboxylic acids is 2. The van der Waals surface area contributed by atoms with E-state index in [2.05, 4.69) is 5.73 Å². The molecule has 0 saturated carbocycles. The highest BCUT2D eigenvalue weighted by atomic mass is 16.4. The maximum atomic E-state index is 9.73. The fourth-order valence-corrected chi connectivity index (χ4v) is 0.101. The Morgan fingerprint density at radius 3 is 1.58 bits per heavy atom. The molecule has 1 unspecified atom stereocenters. The van der Waals surface area contributed by atoms with E-state index in [4.69, 9.17) is 21.7 Å². The molecule has 8 N–H and O–H groups in total. The SMILES string of the molecule is NCC(=O)O.NCC(N)C(=O)O. The molecular formula is C5H13N3O4. The average Bonchev–Trinajstić information content (AvgIpc) is 2.04. The molecule has 1 atom stereocenters. The van der Waals surface area contributed by atoms with Gasteiger partial charge in [-0.25, -0.2) is 0 Å². The van der Waals surface area contributed by atoms with Gasteiger partial charge in [-0.05, 0) is 0 Å². The molecule has 72 valence electrons. The second-order valence-electron chi connectivity index (χ2n) is 1.78. The second kappa shape index (κ2) is 7.92. The van der Waals surface area contributed by atoms with Crippen LogP contribution >= 0.6 is 0 Å². The minimum atomic E-state index is -1.05. The van der Waals surface area contributed by atoms with Gasteiger partial charge in [0.1, 0.15) is 6.04 Å². The molecule has 0 radical (unpaired) electrons. The van der Waals surface area contributed by atoms with Gasteiger partial charge in [-0.3, -0.25) is 9.59 Å². The van der Waals surface area contributed by atoms with Crippen molar-refractivity contribution in [3.05, 3.63) is 0 Å². The summed E-state index contributed by atoms with van der Waals surface area (Å²) >= 11 is 0. The van der Waals surface area contributed by atoms with Crippen molar-refractivity contribution >= 4 is 11.9 Å². The lowest BCUT2D eigenvalue weighted by molar-refractivity contribution is -0.138. The van der Waals surface area contributed by atoms with E-state index in [-0.39, 0.29) is 13.1 Å². The van der Waals surface area contributed by atoms with E-state index in [0.29, 0.717) is 0 Å². The van der Waals surface area contributed by atoms with Crippen molar-refractivity contribution in [3.8, 4) is 0 Å². The van der Waals surface area contributed by atoms with Crippen molar-refractivity contribution in [2.24, 2.45) is 17.2 Å². The largest absolute Gasteiger partial charge is 0.480 e. The molecule has 0 aromatic carbocycles. The first-order valence-corrected chi connectivity index (χ1v) is 3.06. The fraction of sp³-hybridized carbons (Fsp3) is 0.600. The van der Waals surface area contributed by atoms with Gasteiger partial charge < -0.3 is 27.4 Å². The number of rotatable bonds is 3. The van der Waals surface area contributed by atoms with Crippen LogP contribution in [0.15, 0.2) is 0 Å². The highest BCUT2D eigenvalue weighted by Gasteiger charge is 2.05. The predicted molar refractivity (Wildman–Crippen MR) is 41.4 cm³/mol. The molecule has 0 spiro atoms. The lowest BCUT2D eigenvalue weighted by Gasteiger charge is -1.97. The molecule has 0 aliphatic rings. The Balaban J connectivity index is 0. The molecule has 12 heavy (non-hydrogen) atoms. The molecule has 0 heterocycles. The molecule has 0 fully saturated rings. The summed E-state index contributed by atoms with van der Waals surface area (Å²) in [6.07, 6.45) is 0. The van der Waals surface area contributed by atoms with E-state index in [0.717, 1.165) is 0 Å². The molecular weight excluding hydrogens is 166 g/mol. The lowest BCUT2D eigenvalue weighted by atomic mass is 10.3. The quantitative estimate of drug-likeness (QED) is 0.318. The van der Waals surface area contributed by atoms with Gasteiger partial charge in [0.25, 0.3) is 0 Å². The van der Waals surface area contributed by atoms with Crippen molar-refractivity contribution in [1.82, 2.24) is 0 Å². The van der Waals surface area contributed by atoms with Gasteiger partial charge in [0, 0.05) is 6.54 Å². The Hall–Kier alpha value is -1.18. The summed E-state index contributed by atoms with van der Waals surface area (Å²) in [6.45, 7) is -0.282. The summed E-state index contributed by atoms with van der Waals surface area (Å²) in [4.78, 5) is 19.0. The van der Waals surface area contributed by atoms with Crippen molar-refractivity contribution in [2.75, 3.05) is 13.1 Å². The first-order chi connectivity index (χ1) is 5.45. The molecule has 0 aromatic heterocycles. The Labute approximate surface area is 69.1 Å². The zero-order valence-corrected chi connectivity index (χ0v) is 6.43. The molecule has 0 rings (SSSR count). The minimum Gasteiger partial charge on any atom is -0.480 e. The van der Waals surface area contributed by atoms with Crippen LogP contribution in [0.4, 0.5) is 0 Å². The number of nitrogens with two attached hydrogens (primary N) is 3. The number of carboxylic acids is 2. The predicted octanol–water partition coefficient (Wildman–Crippen LogP) is -2.61. The minimum absolute atomic E-state index is 0.00463. The smallest absolute Gasteiger partial charge is 0.321 e. The second-order valence-corrected chi connectivity index (χ2v) is 1.78. The summed E-state index contributed by atoms with van der Waals surface area (Å²) in [6, 6.07) is -0.903. The molecule has 0 saturated heterocycles. The van der Waals surface area contributed by atoms with Crippen molar-refractivity contribution in [3.63, 3.8) is 0 Å². The van der Waals surface area contributed by atoms with E-state index in [1.807, 2.05) is 0 Å². The van der Waals surface area contributed by atoms with Crippen LogP contribution in [0.5, 0.6) is 0 Å². The highest BCUT2D eigenvalue weighted by Crippen LogP contribution is 1.68. The topological polar surface area (TPSA) is 153 Å². The molecule has 0 aliphatic heterocycles. The first-order valence-electron chi connectivity index (χ1n) is 3.06. The first kappa shape index (κ1) is 13.4. The van der Waals surface area contributed by atoms with Crippen LogP contribution in [0.25, 0.3) is 0 Å². The van der Waals surface area contributed by atoms with Crippen LogP contribution in [0, 0.1) is 0 Å². The van der Waals surface area contributed by atoms with Gasteiger partial charge in [-0.15, -0.1) is 0 Å². The highest BCUT2D eigenvalue weighted by molar-refractivity contribution is 5.73. The van der Waals surface area contributed by atoms with E-state index in [1.165, 1.54) is 0 Å². The van der Waals surface area contributed by atoms with E-state index in [9.17, 15) is 9.59 Å². The summed E-state index contributed by atoms with van der Waals surface area (Å²) in [7, 11) is 0. The standard InChI is InChI=1S/C3H8N2O2.C2H5NO2/c4-1-2(5)3(6)7;3-1-2(4)5/h2H,1,4-5H2,(H,6,7);1,3H2,(H,4,5). The number of carbonyl (C=O) groups is 2. The maximum Gasteiger partial charge on any atom is 0.321 e. The van der Waals surface area contributed by atoms with Gasteiger partial charge in [0.15, 0.2) is 0 Å². The fourth-order valence-electron chi connectivity index (χ4n) is 0.101. The molecule has 0 aromatic rings. The van der Waals surface area contributed by atoms with Crippen LogP contribution in [0.1, 0.15) is 0 Å². The molecule has 7 nitrogen and oxygen atoms in total.